The SMILES string of the molecule is CCCC(CN)C(=O)OCCOc1cc2ncnc(Nc3ccc4scnc4c3)c2cc1S(=O)(=O)C(C)(C)C. The number of carbonyl (C=O) groups excluding carboxylic acids is 1. The van der Waals surface area contributed by atoms with Crippen LogP contribution < -0.4 is 15.8 Å². The molecule has 0 aliphatic carbocycles. The van der Waals surface area contributed by atoms with E-state index in [-0.39, 0.29) is 42.3 Å². The molecule has 0 spiro atoms. The zero-order valence-corrected chi connectivity index (χ0v) is 24.1. The molecule has 0 amide bonds. The number of benzene rings is 2. The second-order valence-corrected chi connectivity index (χ2v) is 13.6. The van der Waals surface area contributed by atoms with Crippen molar-refractivity contribution in [1.82, 2.24) is 15.0 Å². The van der Waals surface area contributed by atoms with Gasteiger partial charge in [0, 0.05) is 23.7 Å². The second-order valence-electron chi connectivity index (χ2n) is 10.1. The van der Waals surface area contributed by atoms with E-state index in [2.05, 4.69) is 20.3 Å². The molecule has 0 fully saturated rings. The molecule has 0 saturated carbocycles. The predicted octanol–water partition coefficient (Wildman–Crippen LogP) is 4.85. The Kier molecular flexibility index (Phi) is 8.67. The number of hydrogen-bond donors (Lipinski definition) is 2. The molecule has 3 N–H and O–H groups in total. The van der Waals surface area contributed by atoms with E-state index in [1.165, 1.54) is 12.4 Å². The molecule has 2 heterocycles. The molecule has 39 heavy (non-hydrogen) atoms. The summed E-state index contributed by atoms with van der Waals surface area (Å²) in [7, 11) is -3.83. The molecule has 208 valence electrons. The van der Waals surface area contributed by atoms with E-state index in [1.807, 2.05) is 25.1 Å². The molecule has 2 aromatic carbocycles. The Labute approximate surface area is 231 Å². The first kappa shape index (κ1) is 28.7. The fraction of sp³-hybridized carbons (Fsp3) is 0.407. The van der Waals surface area contributed by atoms with Gasteiger partial charge in [0.15, 0.2) is 9.84 Å². The molecule has 4 aromatic rings. The van der Waals surface area contributed by atoms with E-state index in [1.54, 1.807) is 43.7 Å². The van der Waals surface area contributed by atoms with E-state index in [0.717, 1.165) is 22.3 Å². The van der Waals surface area contributed by atoms with Gasteiger partial charge in [0.2, 0.25) is 0 Å². The van der Waals surface area contributed by atoms with Gasteiger partial charge in [0.05, 0.1) is 31.9 Å². The standard InChI is InChI=1S/C27H33N5O5S2/c1-5-6-17(14-28)26(33)37-10-9-36-22-13-20-19(12-24(22)39(34,35)27(2,3)4)25(30-15-29-20)32-18-7-8-23-21(11-18)31-16-38-23/h7-8,11-13,15-17H,5-6,9-10,14,28H2,1-4H3,(H,29,30,32). The van der Waals surface area contributed by atoms with Crippen LogP contribution in [0.15, 0.2) is 47.1 Å². The fourth-order valence-corrected chi connectivity index (χ4v) is 5.96. The van der Waals surface area contributed by atoms with E-state index in [4.69, 9.17) is 15.2 Å². The van der Waals surface area contributed by atoms with Crippen LogP contribution in [0.1, 0.15) is 40.5 Å². The third-order valence-corrected chi connectivity index (χ3v) is 9.55. The molecule has 1 atom stereocenters. The Morgan fingerprint density at radius 3 is 2.62 bits per heavy atom. The highest BCUT2D eigenvalue weighted by molar-refractivity contribution is 7.92. The molecule has 4 rings (SSSR count). The van der Waals surface area contributed by atoms with Crippen LogP contribution in [0.25, 0.3) is 21.1 Å². The lowest BCUT2D eigenvalue weighted by Gasteiger charge is -2.22. The summed E-state index contributed by atoms with van der Waals surface area (Å²) < 4.78 is 38.4. The molecule has 0 aliphatic heterocycles. The van der Waals surface area contributed by atoms with Crippen molar-refractivity contribution in [3.63, 3.8) is 0 Å². The Balaban J connectivity index is 1.65. The minimum absolute atomic E-state index is 0.00690. The highest BCUT2D eigenvalue weighted by Crippen LogP contribution is 2.37. The van der Waals surface area contributed by atoms with Crippen molar-refractivity contribution < 1.29 is 22.7 Å². The Morgan fingerprint density at radius 1 is 1.10 bits per heavy atom. The van der Waals surface area contributed by atoms with Gasteiger partial charge in [-0.05, 0) is 51.5 Å². The number of esters is 1. The van der Waals surface area contributed by atoms with Crippen LogP contribution in [0, 0.1) is 5.92 Å². The Bertz CT molecular complexity index is 1580. The smallest absolute Gasteiger partial charge is 0.310 e. The van der Waals surface area contributed by atoms with Crippen molar-refractivity contribution in [2.45, 2.75) is 50.2 Å². The molecule has 2 aromatic heterocycles. The van der Waals surface area contributed by atoms with E-state index in [9.17, 15) is 13.2 Å². The molecule has 0 radical (unpaired) electrons. The minimum atomic E-state index is -3.83. The number of hydrogen-bond acceptors (Lipinski definition) is 11. The van der Waals surface area contributed by atoms with Gasteiger partial charge < -0.3 is 20.5 Å². The van der Waals surface area contributed by atoms with Crippen LogP contribution in [-0.4, -0.2) is 53.8 Å². The first-order valence-electron chi connectivity index (χ1n) is 12.7. The van der Waals surface area contributed by atoms with Crippen molar-refractivity contribution in [1.29, 1.82) is 0 Å². The molecule has 1 unspecified atom stereocenters. The zero-order valence-electron chi connectivity index (χ0n) is 22.4. The molecule has 0 bridgehead atoms. The number of sulfone groups is 1. The summed E-state index contributed by atoms with van der Waals surface area (Å²) in [5.41, 5.74) is 9.56. The summed E-state index contributed by atoms with van der Waals surface area (Å²) in [5, 5.41) is 3.78. The largest absolute Gasteiger partial charge is 0.489 e. The molecule has 10 nitrogen and oxygen atoms in total. The number of aromatic nitrogens is 3. The summed E-state index contributed by atoms with van der Waals surface area (Å²) in [6.07, 6.45) is 2.86. The number of nitrogens with one attached hydrogen (secondary N) is 1. The molecular formula is C27H33N5O5S2. The molecular weight excluding hydrogens is 538 g/mol. The quantitative estimate of drug-likeness (QED) is 0.189. The maximum Gasteiger partial charge on any atom is 0.310 e. The van der Waals surface area contributed by atoms with Crippen molar-refractivity contribution in [3.8, 4) is 5.75 Å². The fourth-order valence-electron chi connectivity index (χ4n) is 3.98. The van der Waals surface area contributed by atoms with Crippen molar-refractivity contribution in [3.05, 3.63) is 42.2 Å². The van der Waals surface area contributed by atoms with Crippen LogP contribution in [0.4, 0.5) is 11.5 Å². The normalized spacial score (nSPS) is 12.9. The first-order chi connectivity index (χ1) is 18.5. The lowest BCUT2D eigenvalue weighted by Crippen LogP contribution is -2.29. The number of carbonyl (C=O) groups is 1. The van der Waals surface area contributed by atoms with Crippen molar-refractivity contribution >= 4 is 59.8 Å². The maximum atomic E-state index is 13.6. The Morgan fingerprint density at radius 2 is 1.90 bits per heavy atom. The van der Waals surface area contributed by atoms with E-state index in [0.29, 0.717) is 23.1 Å². The second kappa shape index (κ2) is 11.8. The number of fused-ring (bicyclic) bond motifs is 2. The Hall–Kier alpha value is -3.35. The zero-order chi connectivity index (χ0) is 28.2. The topological polar surface area (TPSA) is 146 Å². The number of thiazole rings is 1. The number of rotatable bonds is 11. The third kappa shape index (κ3) is 6.29. The van der Waals surface area contributed by atoms with Gasteiger partial charge in [-0.15, -0.1) is 11.3 Å². The minimum Gasteiger partial charge on any atom is -0.489 e. The van der Waals surface area contributed by atoms with Gasteiger partial charge in [-0.3, -0.25) is 4.79 Å². The lowest BCUT2D eigenvalue weighted by molar-refractivity contribution is -0.149. The van der Waals surface area contributed by atoms with Gasteiger partial charge in [-0.2, -0.15) is 0 Å². The average Bonchev–Trinajstić information content (AvgIpc) is 3.36. The van der Waals surface area contributed by atoms with Crippen LogP contribution in [0.5, 0.6) is 5.75 Å². The summed E-state index contributed by atoms with van der Waals surface area (Å²) >= 11 is 1.55. The monoisotopic (exact) mass is 571 g/mol. The van der Waals surface area contributed by atoms with Gasteiger partial charge in [0.1, 0.15) is 36.0 Å². The van der Waals surface area contributed by atoms with Gasteiger partial charge >= 0.3 is 5.97 Å². The molecule has 0 saturated heterocycles. The third-order valence-electron chi connectivity index (χ3n) is 6.23. The predicted molar refractivity (Wildman–Crippen MR) is 153 cm³/mol. The summed E-state index contributed by atoms with van der Waals surface area (Å²) in [6.45, 7) is 6.99. The maximum absolute atomic E-state index is 13.6. The molecule has 12 heteroatoms. The number of nitrogens with two attached hydrogens (primary N) is 1. The van der Waals surface area contributed by atoms with Crippen LogP contribution in [0.2, 0.25) is 0 Å². The van der Waals surface area contributed by atoms with E-state index >= 15 is 0 Å². The highest BCUT2D eigenvalue weighted by atomic mass is 32.2. The summed E-state index contributed by atoms with van der Waals surface area (Å²) in [5.74, 6) is -0.176. The van der Waals surface area contributed by atoms with Crippen LogP contribution >= 0.6 is 11.3 Å². The average molecular weight is 572 g/mol. The van der Waals surface area contributed by atoms with Gasteiger partial charge in [-0.1, -0.05) is 13.3 Å². The van der Waals surface area contributed by atoms with Gasteiger partial charge in [0.25, 0.3) is 0 Å². The lowest BCUT2D eigenvalue weighted by atomic mass is 10.0. The summed E-state index contributed by atoms with van der Waals surface area (Å²) in [6, 6.07) is 8.89. The van der Waals surface area contributed by atoms with Crippen LogP contribution in [-0.2, 0) is 19.4 Å². The first-order valence-corrected chi connectivity index (χ1v) is 15.0. The highest BCUT2D eigenvalue weighted by Gasteiger charge is 2.34. The number of nitrogens with zero attached hydrogens (tertiary/aromatic N) is 3. The number of anilines is 2. The van der Waals surface area contributed by atoms with E-state index < -0.39 is 14.6 Å². The summed E-state index contributed by atoms with van der Waals surface area (Å²) in [4.78, 5) is 25.4. The van der Waals surface area contributed by atoms with Gasteiger partial charge in [-0.25, -0.2) is 23.4 Å². The molecule has 0 aliphatic rings. The van der Waals surface area contributed by atoms with Crippen molar-refractivity contribution in [2.24, 2.45) is 11.7 Å². The van der Waals surface area contributed by atoms with Crippen LogP contribution in [0.3, 0.4) is 0 Å². The van der Waals surface area contributed by atoms with Crippen molar-refractivity contribution in [2.75, 3.05) is 25.1 Å². The number of ether oxygens (including phenoxy) is 2.